The van der Waals surface area contributed by atoms with E-state index in [1.54, 1.807) is 0 Å². The molecule has 1 aromatic carbocycles. The van der Waals surface area contributed by atoms with Crippen molar-refractivity contribution in [1.29, 1.82) is 0 Å². The summed E-state index contributed by atoms with van der Waals surface area (Å²) >= 11 is 0. The molecule has 0 saturated carbocycles. The summed E-state index contributed by atoms with van der Waals surface area (Å²) in [6.45, 7) is 1.57. The van der Waals surface area contributed by atoms with Crippen molar-refractivity contribution in [3.8, 4) is 0 Å². The van der Waals surface area contributed by atoms with E-state index in [0.29, 0.717) is 25.3 Å². The van der Waals surface area contributed by atoms with E-state index in [-0.39, 0.29) is 12.2 Å². The van der Waals surface area contributed by atoms with E-state index >= 15 is 0 Å². The smallest absolute Gasteiger partial charge is 0.371 e. The maximum absolute atomic E-state index is 14.3. The van der Waals surface area contributed by atoms with Crippen LogP contribution in [-0.4, -0.2) is 38.6 Å². The molecule has 2 aliphatic heterocycles. The highest BCUT2D eigenvalue weighted by atomic mass is 19.4. The zero-order chi connectivity index (χ0) is 16.4. The van der Waals surface area contributed by atoms with Crippen molar-refractivity contribution in [2.75, 3.05) is 31.1 Å². The highest BCUT2D eigenvalue weighted by Gasteiger charge is 2.39. The van der Waals surface area contributed by atoms with Crippen LogP contribution < -0.4 is 10.2 Å². The van der Waals surface area contributed by atoms with Crippen LogP contribution in [0, 0.1) is 5.82 Å². The molecule has 23 heavy (non-hydrogen) atoms. The normalized spacial score (nSPS) is 22.2. The van der Waals surface area contributed by atoms with Crippen LogP contribution in [0.15, 0.2) is 35.1 Å². The molecule has 0 radical (unpaired) electrons. The zero-order valence-corrected chi connectivity index (χ0v) is 12.1. The van der Waals surface area contributed by atoms with E-state index in [0.717, 1.165) is 17.2 Å². The van der Waals surface area contributed by atoms with Gasteiger partial charge in [0.1, 0.15) is 11.5 Å². The second-order valence-electron chi connectivity index (χ2n) is 5.22. The minimum atomic E-state index is -4.55. The summed E-state index contributed by atoms with van der Waals surface area (Å²) < 4.78 is 58.9. The highest BCUT2D eigenvalue weighted by molar-refractivity contribution is 5.72. The fourth-order valence-electron chi connectivity index (χ4n) is 2.60. The molecule has 0 unspecified atom stereocenters. The molecular formula is C15H15F4N3O. The van der Waals surface area contributed by atoms with E-state index in [2.05, 4.69) is 10.3 Å². The number of rotatable bonds is 2. The van der Waals surface area contributed by atoms with Crippen LogP contribution in [0.25, 0.3) is 0 Å². The van der Waals surface area contributed by atoms with Crippen molar-refractivity contribution in [2.45, 2.75) is 12.3 Å². The van der Waals surface area contributed by atoms with Crippen molar-refractivity contribution in [3.05, 3.63) is 41.5 Å². The molecule has 1 atom stereocenters. The predicted octanol–water partition coefficient (Wildman–Crippen LogP) is 2.78. The largest absolute Gasteiger partial charge is 0.432 e. The number of ether oxygens (including phenoxy) is 1. The maximum atomic E-state index is 14.3. The fraction of sp³-hybridized carbons (Fsp3) is 0.400. The lowest BCUT2D eigenvalue weighted by Gasteiger charge is -2.30. The number of alkyl halides is 3. The van der Waals surface area contributed by atoms with Gasteiger partial charge in [0, 0.05) is 30.6 Å². The molecule has 3 rings (SSSR count). The Bertz CT molecular complexity index is 636. The molecule has 1 fully saturated rings. The van der Waals surface area contributed by atoms with Crippen LogP contribution in [-0.2, 0) is 4.74 Å². The third kappa shape index (κ3) is 3.37. The second kappa shape index (κ2) is 6.29. The van der Waals surface area contributed by atoms with Crippen molar-refractivity contribution >= 4 is 11.9 Å². The average molecular weight is 329 g/mol. The molecule has 0 bridgehead atoms. The minimum Gasteiger partial charge on any atom is -0.371 e. The van der Waals surface area contributed by atoms with Gasteiger partial charge in [-0.25, -0.2) is 4.39 Å². The van der Waals surface area contributed by atoms with Gasteiger partial charge < -0.3 is 15.0 Å². The molecule has 4 nitrogen and oxygen atoms in total. The van der Waals surface area contributed by atoms with Gasteiger partial charge in [-0.1, -0.05) is 6.07 Å². The van der Waals surface area contributed by atoms with Gasteiger partial charge in [-0.2, -0.15) is 13.2 Å². The third-order valence-corrected chi connectivity index (χ3v) is 3.72. The molecule has 0 aromatic heterocycles. The molecule has 2 aliphatic rings. The van der Waals surface area contributed by atoms with Gasteiger partial charge in [0.15, 0.2) is 0 Å². The quantitative estimate of drug-likeness (QED) is 0.848. The summed E-state index contributed by atoms with van der Waals surface area (Å²) in [5, 5.41) is 3.09. The van der Waals surface area contributed by atoms with Crippen molar-refractivity contribution in [2.24, 2.45) is 4.99 Å². The number of halogens is 4. The first-order valence-corrected chi connectivity index (χ1v) is 7.15. The van der Waals surface area contributed by atoms with Crippen LogP contribution in [0.5, 0.6) is 0 Å². The first-order valence-electron chi connectivity index (χ1n) is 7.15. The van der Waals surface area contributed by atoms with Gasteiger partial charge in [0.05, 0.1) is 25.5 Å². The van der Waals surface area contributed by atoms with Crippen molar-refractivity contribution in [3.63, 3.8) is 0 Å². The SMILES string of the molecule is Fc1cc(N2CC=NC=C2C(F)(F)F)ccc1[C@H]1CNCCO1. The van der Waals surface area contributed by atoms with Gasteiger partial charge >= 0.3 is 6.18 Å². The summed E-state index contributed by atoms with van der Waals surface area (Å²) in [4.78, 5) is 4.53. The van der Waals surface area contributed by atoms with E-state index in [9.17, 15) is 17.6 Å². The molecule has 0 spiro atoms. The van der Waals surface area contributed by atoms with Gasteiger partial charge in [-0.15, -0.1) is 0 Å². The van der Waals surface area contributed by atoms with Crippen molar-refractivity contribution < 1.29 is 22.3 Å². The topological polar surface area (TPSA) is 36.9 Å². The van der Waals surface area contributed by atoms with E-state index in [1.165, 1.54) is 18.3 Å². The Morgan fingerprint density at radius 2 is 2.13 bits per heavy atom. The highest BCUT2D eigenvalue weighted by Crippen LogP contribution is 2.34. The Kier molecular flexibility index (Phi) is 4.36. The number of nitrogens with zero attached hydrogens (tertiary/aromatic N) is 2. The standard InChI is InChI=1S/C15H15F4N3O/c16-12-7-10(1-2-11(12)13-8-21-4-6-23-13)22-5-3-20-9-14(22)15(17,18)19/h1-3,7,9,13,21H,4-6,8H2/t13-/m1/s1. The van der Waals surface area contributed by atoms with Crippen molar-refractivity contribution in [1.82, 2.24) is 5.32 Å². The molecule has 2 heterocycles. The van der Waals surface area contributed by atoms with Gasteiger partial charge in [-0.05, 0) is 12.1 Å². The summed E-state index contributed by atoms with van der Waals surface area (Å²) in [6.07, 6.45) is -2.90. The first kappa shape index (κ1) is 15.9. The number of anilines is 1. The lowest BCUT2D eigenvalue weighted by Crippen LogP contribution is -2.35. The minimum absolute atomic E-state index is 0.0639. The van der Waals surface area contributed by atoms with Crippen LogP contribution in [0.2, 0.25) is 0 Å². The number of allylic oxidation sites excluding steroid dienone is 1. The van der Waals surface area contributed by atoms with Crippen LogP contribution in [0.1, 0.15) is 11.7 Å². The molecule has 124 valence electrons. The number of morpholine rings is 1. The number of hydrogen-bond acceptors (Lipinski definition) is 4. The lowest BCUT2D eigenvalue weighted by atomic mass is 10.1. The van der Waals surface area contributed by atoms with Crippen LogP contribution in [0.4, 0.5) is 23.2 Å². The summed E-state index contributed by atoms with van der Waals surface area (Å²) in [7, 11) is 0. The Labute approximate surface area is 130 Å². The molecule has 0 amide bonds. The number of benzene rings is 1. The Hall–Kier alpha value is -1.93. The molecular weight excluding hydrogens is 314 g/mol. The molecule has 8 heteroatoms. The summed E-state index contributed by atoms with van der Waals surface area (Å²) in [5.41, 5.74) is -0.448. The van der Waals surface area contributed by atoms with E-state index in [4.69, 9.17) is 4.74 Å². The molecule has 0 aliphatic carbocycles. The Balaban J connectivity index is 1.87. The van der Waals surface area contributed by atoms with Crippen LogP contribution in [0.3, 0.4) is 0 Å². The monoisotopic (exact) mass is 329 g/mol. The summed E-state index contributed by atoms with van der Waals surface area (Å²) in [6, 6.07) is 4.04. The molecule has 1 N–H and O–H groups in total. The fourth-order valence-corrected chi connectivity index (χ4v) is 2.60. The maximum Gasteiger partial charge on any atom is 0.432 e. The van der Waals surface area contributed by atoms with E-state index in [1.807, 2.05) is 0 Å². The average Bonchev–Trinajstić information content (AvgIpc) is 2.55. The molecule has 1 aromatic rings. The van der Waals surface area contributed by atoms with Gasteiger partial charge in [-0.3, -0.25) is 4.99 Å². The van der Waals surface area contributed by atoms with Gasteiger partial charge in [0.2, 0.25) is 0 Å². The third-order valence-electron chi connectivity index (χ3n) is 3.72. The second-order valence-corrected chi connectivity index (χ2v) is 5.22. The number of aliphatic imine (C=N–C) groups is 1. The Morgan fingerprint density at radius 3 is 2.78 bits per heavy atom. The lowest BCUT2D eigenvalue weighted by molar-refractivity contribution is -0.0934. The molecule has 1 saturated heterocycles. The first-order chi connectivity index (χ1) is 11.0. The number of hydrogen-bond donors (Lipinski definition) is 1. The number of nitrogens with one attached hydrogen (secondary N) is 1. The predicted molar refractivity (Wildman–Crippen MR) is 77.9 cm³/mol. The van der Waals surface area contributed by atoms with Gasteiger partial charge in [0.25, 0.3) is 0 Å². The van der Waals surface area contributed by atoms with E-state index < -0.39 is 23.8 Å². The summed E-state index contributed by atoms with van der Waals surface area (Å²) in [5.74, 6) is -0.583. The van der Waals surface area contributed by atoms with Crippen LogP contribution >= 0.6 is 0 Å². The zero-order valence-electron chi connectivity index (χ0n) is 12.1. The Morgan fingerprint density at radius 1 is 1.30 bits per heavy atom.